The Labute approximate surface area is 123 Å². The van der Waals surface area contributed by atoms with Crippen molar-refractivity contribution in [3.63, 3.8) is 0 Å². The van der Waals surface area contributed by atoms with Crippen molar-refractivity contribution < 1.29 is 9.59 Å². The smallest absolute Gasteiger partial charge is 0.254 e. The molecule has 1 aromatic heterocycles. The molecule has 1 saturated heterocycles. The number of benzene rings is 1. The quantitative estimate of drug-likeness (QED) is 0.929. The maximum Gasteiger partial charge on any atom is 0.254 e. The van der Waals surface area contributed by atoms with Gasteiger partial charge in [0.2, 0.25) is 5.91 Å². The molecular weight excluding hydrogens is 266 g/mol. The molecule has 0 aliphatic carbocycles. The molecule has 108 valence electrons. The van der Waals surface area contributed by atoms with Crippen molar-refractivity contribution >= 4 is 11.8 Å². The number of hydrogen-bond acceptors (Lipinski definition) is 2. The molecule has 1 aliphatic heterocycles. The van der Waals surface area contributed by atoms with E-state index in [2.05, 4.69) is 0 Å². The summed E-state index contributed by atoms with van der Waals surface area (Å²) >= 11 is 0. The van der Waals surface area contributed by atoms with Crippen LogP contribution in [0.4, 0.5) is 0 Å². The molecule has 1 atom stereocenters. The lowest BCUT2D eigenvalue weighted by Crippen LogP contribution is -2.43. The first-order valence-corrected chi connectivity index (χ1v) is 7.00. The highest BCUT2D eigenvalue weighted by Crippen LogP contribution is 2.20. The summed E-state index contributed by atoms with van der Waals surface area (Å²) in [5.74, 6) is -0.555. The molecule has 0 unspecified atom stereocenters. The van der Waals surface area contributed by atoms with Crippen LogP contribution >= 0.6 is 0 Å². The van der Waals surface area contributed by atoms with E-state index in [0.717, 1.165) is 12.1 Å². The van der Waals surface area contributed by atoms with Gasteiger partial charge >= 0.3 is 0 Å². The van der Waals surface area contributed by atoms with Crippen LogP contribution in [0.25, 0.3) is 5.69 Å². The first kappa shape index (κ1) is 13.4. The maximum atomic E-state index is 12.5. The van der Waals surface area contributed by atoms with Crippen LogP contribution in [0.2, 0.25) is 0 Å². The van der Waals surface area contributed by atoms with Crippen molar-refractivity contribution in [1.82, 2.24) is 9.47 Å². The van der Waals surface area contributed by atoms with Gasteiger partial charge in [0, 0.05) is 30.2 Å². The van der Waals surface area contributed by atoms with Crippen LogP contribution in [-0.4, -0.2) is 33.9 Å². The molecule has 0 saturated carbocycles. The molecule has 2 aromatic rings. The van der Waals surface area contributed by atoms with Crippen LogP contribution in [0.5, 0.6) is 0 Å². The van der Waals surface area contributed by atoms with Crippen molar-refractivity contribution in [2.45, 2.75) is 18.9 Å². The summed E-state index contributed by atoms with van der Waals surface area (Å²) in [6.07, 6.45) is 5.37. The van der Waals surface area contributed by atoms with Gasteiger partial charge < -0.3 is 15.2 Å². The lowest BCUT2D eigenvalue weighted by Gasteiger charge is -2.22. The number of likely N-dealkylation sites (tertiary alicyclic amines) is 1. The number of carbonyl (C=O) groups is 2. The van der Waals surface area contributed by atoms with Gasteiger partial charge in [-0.15, -0.1) is 0 Å². The lowest BCUT2D eigenvalue weighted by molar-refractivity contribution is -0.121. The Balaban J connectivity index is 1.80. The minimum Gasteiger partial charge on any atom is -0.368 e. The Bertz CT molecular complexity index is 647. The fourth-order valence-corrected chi connectivity index (χ4v) is 2.75. The molecule has 1 aliphatic rings. The van der Waals surface area contributed by atoms with Gasteiger partial charge in [-0.2, -0.15) is 0 Å². The summed E-state index contributed by atoms with van der Waals surface area (Å²) in [4.78, 5) is 25.4. The maximum absolute atomic E-state index is 12.5. The van der Waals surface area contributed by atoms with Gasteiger partial charge in [0.1, 0.15) is 6.04 Å². The fraction of sp³-hybridized carbons (Fsp3) is 0.250. The molecule has 1 aromatic carbocycles. The van der Waals surface area contributed by atoms with Crippen molar-refractivity contribution in [3.8, 4) is 5.69 Å². The zero-order chi connectivity index (χ0) is 14.8. The molecular formula is C16H17N3O2. The second kappa shape index (κ2) is 5.44. The van der Waals surface area contributed by atoms with E-state index in [-0.39, 0.29) is 5.91 Å². The van der Waals surface area contributed by atoms with Crippen molar-refractivity contribution in [2.75, 3.05) is 6.54 Å². The Hall–Kier alpha value is -2.56. The van der Waals surface area contributed by atoms with Gasteiger partial charge in [-0.1, -0.05) is 0 Å². The van der Waals surface area contributed by atoms with Crippen LogP contribution in [0.1, 0.15) is 23.2 Å². The fourth-order valence-electron chi connectivity index (χ4n) is 2.75. The molecule has 5 heteroatoms. The van der Waals surface area contributed by atoms with E-state index in [4.69, 9.17) is 5.73 Å². The summed E-state index contributed by atoms with van der Waals surface area (Å²) in [5.41, 5.74) is 6.93. The second-order valence-corrected chi connectivity index (χ2v) is 5.20. The second-order valence-electron chi connectivity index (χ2n) is 5.20. The molecule has 2 heterocycles. The summed E-state index contributed by atoms with van der Waals surface area (Å²) in [6, 6.07) is 10.8. The first-order valence-electron chi connectivity index (χ1n) is 7.00. The van der Waals surface area contributed by atoms with Gasteiger partial charge in [0.05, 0.1) is 0 Å². The van der Waals surface area contributed by atoms with E-state index in [0.29, 0.717) is 18.5 Å². The summed E-state index contributed by atoms with van der Waals surface area (Å²) < 4.78 is 1.97. The standard InChI is InChI=1S/C16H17N3O2/c17-15(20)14-4-3-11-19(14)16(21)12-5-7-13(8-6-12)18-9-1-2-10-18/h1-2,5-10,14H,3-4,11H2,(H2,17,20)/t14-/m0/s1. The van der Waals surface area contributed by atoms with E-state index in [1.165, 1.54) is 0 Å². The van der Waals surface area contributed by atoms with E-state index < -0.39 is 11.9 Å². The van der Waals surface area contributed by atoms with Crippen LogP contribution < -0.4 is 5.73 Å². The van der Waals surface area contributed by atoms with E-state index >= 15 is 0 Å². The topological polar surface area (TPSA) is 68.3 Å². The minimum atomic E-state index is -0.471. The molecule has 3 rings (SSSR count). The Morgan fingerprint density at radius 2 is 1.76 bits per heavy atom. The number of rotatable bonds is 3. The van der Waals surface area contributed by atoms with Crippen molar-refractivity contribution in [3.05, 3.63) is 54.4 Å². The number of hydrogen-bond donors (Lipinski definition) is 1. The Morgan fingerprint density at radius 1 is 1.10 bits per heavy atom. The average molecular weight is 283 g/mol. The van der Waals surface area contributed by atoms with Crippen molar-refractivity contribution in [2.24, 2.45) is 5.73 Å². The number of carbonyl (C=O) groups excluding carboxylic acids is 2. The third-order valence-electron chi connectivity index (χ3n) is 3.86. The van der Waals surface area contributed by atoms with Crippen LogP contribution in [0, 0.1) is 0 Å². The van der Waals surface area contributed by atoms with Crippen LogP contribution in [-0.2, 0) is 4.79 Å². The summed E-state index contributed by atoms with van der Waals surface area (Å²) in [7, 11) is 0. The summed E-state index contributed by atoms with van der Waals surface area (Å²) in [5, 5.41) is 0. The number of nitrogens with two attached hydrogens (primary N) is 1. The highest BCUT2D eigenvalue weighted by atomic mass is 16.2. The number of amides is 2. The molecule has 0 radical (unpaired) electrons. The first-order chi connectivity index (χ1) is 10.2. The van der Waals surface area contributed by atoms with Gasteiger partial charge in [-0.05, 0) is 49.2 Å². The predicted octanol–water partition coefficient (Wildman–Crippen LogP) is 1.57. The molecule has 0 bridgehead atoms. The highest BCUT2D eigenvalue weighted by molar-refractivity contribution is 5.97. The molecule has 5 nitrogen and oxygen atoms in total. The van der Waals surface area contributed by atoms with Gasteiger partial charge in [-0.3, -0.25) is 9.59 Å². The molecule has 1 fully saturated rings. The van der Waals surface area contributed by atoms with E-state index in [1.54, 1.807) is 17.0 Å². The normalized spacial score (nSPS) is 17.9. The minimum absolute atomic E-state index is 0.129. The number of aromatic nitrogens is 1. The SMILES string of the molecule is NC(=O)[C@@H]1CCCN1C(=O)c1ccc(-n2cccc2)cc1. The van der Waals surface area contributed by atoms with E-state index in [1.807, 2.05) is 41.2 Å². The lowest BCUT2D eigenvalue weighted by atomic mass is 10.1. The summed E-state index contributed by atoms with van der Waals surface area (Å²) in [6.45, 7) is 0.589. The highest BCUT2D eigenvalue weighted by Gasteiger charge is 2.32. The van der Waals surface area contributed by atoms with Crippen LogP contribution in [0.3, 0.4) is 0 Å². The largest absolute Gasteiger partial charge is 0.368 e. The number of primary amides is 1. The van der Waals surface area contributed by atoms with Gasteiger partial charge in [0.15, 0.2) is 0 Å². The zero-order valence-corrected chi connectivity index (χ0v) is 11.6. The van der Waals surface area contributed by atoms with Gasteiger partial charge in [0.25, 0.3) is 5.91 Å². The molecule has 21 heavy (non-hydrogen) atoms. The zero-order valence-electron chi connectivity index (χ0n) is 11.6. The molecule has 2 N–H and O–H groups in total. The third kappa shape index (κ3) is 2.54. The van der Waals surface area contributed by atoms with Crippen molar-refractivity contribution in [1.29, 1.82) is 0 Å². The number of nitrogens with zero attached hydrogens (tertiary/aromatic N) is 2. The van der Waals surface area contributed by atoms with Gasteiger partial charge in [-0.25, -0.2) is 0 Å². The Morgan fingerprint density at radius 3 is 2.38 bits per heavy atom. The Kier molecular flexibility index (Phi) is 3.48. The average Bonchev–Trinajstić information content (AvgIpc) is 3.18. The molecule has 2 amide bonds. The molecule has 0 spiro atoms. The van der Waals surface area contributed by atoms with E-state index in [9.17, 15) is 9.59 Å². The predicted molar refractivity (Wildman–Crippen MR) is 79.0 cm³/mol. The van der Waals surface area contributed by atoms with Crippen LogP contribution in [0.15, 0.2) is 48.8 Å². The third-order valence-corrected chi connectivity index (χ3v) is 3.86. The monoisotopic (exact) mass is 283 g/mol.